The molecule has 0 unspecified atom stereocenters. The SMILES string of the molecule is Cc1cc(-c2cnc(NCc3c(F)ccc4c3CCO4)n3cc(CNCc4ccccc4)nc23)n(C)n1. The van der Waals surface area contributed by atoms with E-state index in [4.69, 9.17) is 14.7 Å². The molecule has 2 N–H and O–H groups in total. The Kier molecular flexibility index (Phi) is 6.05. The van der Waals surface area contributed by atoms with Crippen molar-refractivity contribution in [3.05, 3.63) is 94.8 Å². The fraction of sp³-hybridized carbons (Fsp3) is 0.250. The van der Waals surface area contributed by atoms with Crippen molar-refractivity contribution in [2.75, 3.05) is 11.9 Å². The second-order valence-corrected chi connectivity index (χ2v) is 9.26. The van der Waals surface area contributed by atoms with Gasteiger partial charge in [0.05, 0.1) is 29.3 Å². The summed E-state index contributed by atoms with van der Waals surface area (Å²) in [6.07, 6.45) is 4.48. The van der Waals surface area contributed by atoms with Crippen LogP contribution in [0.3, 0.4) is 0 Å². The number of nitrogens with one attached hydrogen (secondary N) is 2. The lowest BCUT2D eigenvalue weighted by Crippen LogP contribution is -2.12. The van der Waals surface area contributed by atoms with Crippen LogP contribution in [-0.2, 0) is 33.1 Å². The van der Waals surface area contributed by atoms with Crippen molar-refractivity contribution < 1.29 is 9.13 Å². The second-order valence-electron chi connectivity index (χ2n) is 9.26. The van der Waals surface area contributed by atoms with Crippen molar-refractivity contribution in [1.82, 2.24) is 29.5 Å². The number of aryl methyl sites for hydroxylation is 2. The lowest BCUT2D eigenvalue weighted by Gasteiger charge is -2.13. The number of nitrogens with zero attached hydrogens (tertiary/aromatic N) is 5. The number of hydrogen-bond donors (Lipinski definition) is 2. The molecule has 0 spiro atoms. The molecule has 6 rings (SSSR count). The number of aromatic nitrogens is 5. The topological polar surface area (TPSA) is 81.3 Å². The van der Waals surface area contributed by atoms with Gasteiger partial charge in [0.2, 0.25) is 5.95 Å². The van der Waals surface area contributed by atoms with Gasteiger partial charge in [-0.25, -0.2) is 14.4 Å². The zero-order chi connectivity index (χ0) is 25.4. The minimum absolute atomic E-state index is 0.244. The van der Waals surface area contributed by atoms with Crippen LogP contribution in [0.15, 0.2) is 60.9 Å². The first-order chi connectivity index (χ1) is 18.1. The molecule has 8 nitrogen and oxygen atoms in total. The van der Waals surface area contributed by atoms with Crippen molar-refractivity contribution in [3.63, 3.8) is 0 Å². The number of ether oxygens (including phenoxy) is 1. The van der Waals surface area contributed by atoms with Crippen LogP contribution in [-0.4, -0.2) is 30.8 Å². The first-order valence-electron chi connectivity index (χ1n) is 12.4. The molecule has 0 aliphatic carbocycles. The average molecular weight is 498 g/mol. The minimum Gasteiger partial charge on any atom is -0.493 e. The Morgan fingerprint density at radius 1 is 1.08 bits per heavy atom. The number of imidazole rings is 1. The highest BCUT2D eigenvalue weighted by atomic mass is 19.1. The molecule has 0 amide bonds. The maximum absolute atomic E-state index is 14.7. The molecule has 0 saturated carbocycles. The summed E-state index contributed by atoms with van der Waals surface area (Å²) in [7, 11) is 1.91. The van der Waals surface area contributed by atoms with Crippen LogP contribution in [0, 0.1) is 12.7 Å². The number of halogens is 1. The van der Waals surface area contributed by atoms with Gasteiger partial charge in [-0.3, -0.25) is 9.08 Å². The molecule has 5 aromatic rings. The summed E-state index contributed by atoms with van der Waals surface area (Å²) >= 11 is 0. The molecule has 188 valence electrons. The van der Waals surface area contributed by atoms with E-state index in [-0.39, 0.29) is 5.82 Å². The van der Waals surface area contributed by atoms with Gasteiger partial charge in [0.25, 0.3) is 0 Å². The number of fused-ring (bicyclic) bond motifs is 2. The third-order valence-electron chi connectivity index (χ3n) is 6.66. The molecule has 0 saturated heterocycles. The van der Waals surface area contributed by atoms with Crippen molar-refractivity contribution >= 4 is 11.6 Å². The van der Waals surface area contributed by atoms with Gasteiger partial charge in [0, 0.05) is 56.6 Å². The van der Waals surface area contributed by atoms with E-state index >= 15 is 0 Å². The van der Waals surface area contributed by atoms with E-state index in [0.717, 1.165) is 46.2 Å². The summed E-state index contributed by atoms with van der Waals surface area (Å²) in [6.45, 7) is 4.17. The fourth-order valence-electron chi connectivity index (χ4n) is 4.89. The van der Waals surface area contributed by atoms with E-state index in [9.17, 15) is 4.39 Å². The molecule has 9 heteroatoms. The third kappa shape index (κ3) is 4.53. The van der Waals surface area contributed by atoms with Gasteiger partial charge < -0.3 is 15.4 Å². The normalized spacial score (nSPS) is 12.6. The summed E-state index contributed by atoms with van der Waals surface area (Å²) in [5.41, 5.74) is 7.12. The van der Waals surface area contributed by atoms with Gasteiger partial charge in [-0.05, 0) is 30.7 Å². The van der Waals surface area contributed by atoms with Gasteiger partial charge in [-0.2, -0.15) is 5.10 Å². The number of benzene rings is 2. The van der Waals surface area contributed by atoms with E-state index in [1.807, 2.05) is 53.5 Å². The van der Waals surface area contributed by atoms with Crippen LogP contribution in [0.4, 0.5) is 10.3 Å². The Balaban J connectivity index is 1.32. The predicted octanol–water partition coefficient (Wildman–Crippen LogP) is 4.41. The van der Waals surface area contributed by atoms with Crippen LogP contribution in [0.1, 0.15) is 28.1 Å². The molecule has 1 aliphatic heterocycles. The number of hydrogen-bond acceptors (Lipinski definition) is 6. The summed E-state index contributed by atoms with van der Waals surface area (Å²) < 4.78 is 24.1. The smallest absolute Gasteiger partial charge is 0.208 e. The molecular formula is C28H28FN7O. The molecule has 0 bridgehead atoms. The highest BCUT2D eigenvalue weighted by Gasteiger charge is 2.21. The van der Waals surface area contributed by atoms with E-state index in [2.05, 4.69) is 27.9 Å². The molecule has 0 fully saturated rings. The largest absolute Gasteiger partial charge is 0.493 e. The minimum atomic E-state index is -0.244. The zero-order valence-corrected chi connectivity index (χ0v) is 20.8. The standard InChI is InChI=1S/C28H28FN7O/c1-18-12-25(35(2)34-18)23-16-32-28(31-15-22-21-10-11-37-26(21)9-8-24(22)29)36-17-20(33-27(23)36)14-30-13-19-6-4-3-5-7-19/h3-9,12,16-17,30H,10-11,13-15H2,1-2H3,(H,31,32). The summed E-state index contributed by atoms with van der Waals surface area (Å²) in [5, 5.41) is 11.3. The molecule has 0 radical (unpaired) electrons. The lowest BCUT2D eigenvalue weighted by molar-refractivity contribution is 0.356. The molecular weight excluding hydrogens is 469 g/mol. The van der Waals surface area contributed by atoms with Crippen molar-refractivity contribution in [2.24, 2.45) is 7.05 Å². The molecule has 1 aliphatic rings. The highest BCUT2D eigenvalue weighted by molar-refractivity contribution is 5.76. The third-order valence-corrected chi connectivity index (χ3v) is 6.66. The summed E-state index contributed by atoms with van der Waals surface area (Å²) in [6, 6.07) is 15.5. The lowest BCUT2D eigenvalue weighted by atomic mass is 10.0. The van der Waals surface area contributed by atoms with Crippen LogP contribution in [0.2, 0.25) is 0 Å². The van der Waals surface area contributed by atoms with E-state index in [0.29, 0.717) is 37.6 Å². The Bertz CT molecular complexity index is 1580. The molecule has 2 aromatic carbocycles. The second kappa shape index (κ2) is 9.67. The van der Waals surface area contributed by atoms with Crippen LogP contribution < -0.4 is 15.4 Å². The molecule has 3 aromatic heterocycles. The molecule has 0 atom stereocenters. The predicted molar refractivity (Wildman–Crippen MR) is 140 cm³/mol. The van der Waals surface area contributed by atoms with Crippen molar-refractivity contribution in [1.29, 1.82) is 0 Å². The fourth-order valence-corrected chi connectivity index (χ4v) is 4.89. The van der Waals surface area contributed by atoms with E-state index < -0.39 is 0 Å². The van der Waals surface area contributed by atoms with Crippen LogP contribution >= 0.6 is 0 Å². The highest BCUT2D eigenvalue weighted by Crippen LogP contribution is 2.31. The van der Waals surface area contributed by atoms with Crippen LogP contribution in [0.5, 0.6) is 5.75 Å². The maximum atomic E-state index is 14.7. The monoisotopic (exact) mass is 497 g/mol. The maximum Gasteiger partial charge on any atom is 0.208 e. The Labute approximate surface area is 214 Å². The quantitative estimate of drug-likeness (QED) is 0.331. The average Bonchev–Trinajstić information content (AvgIpc) is 3.62. The Morgan fingerprint density at radius 3 is 2.76 bits per heavy atom. The molecule has 37 heavy (non-hydrogen) atoms. The Hall–Kier alpha value is -4.24. The summed E-state index contributed by atoms with van der Waals surface area (Å²) in [5.74, 6) is 1.11. The Morgan fingerprint density at radius 2 is 1.95 bits per heavy atom. The van der Waals surface area contributed by atoms with Gasteiger partial charge >= 0.3 is 0 Å². The first-order valence-corrected chi connectivity index (χ1v) is 12.4. The van der Waals surface area contributed by atoms with Gasteiger partial charge in [0.15, 0.2) is 5.65 Å². The van der Waals surface area contributed by atoms with Gasteiger partial charge in [0.1, 0.15) is 11.6 Å². The van der Waals surface area contributed by atoms with Crippen molar-refractivity contribution in [3.8, 4) is 17.0 Å². The number of rotatable bonds is 8. The van der Waals surface area contributed by atoms with Gasteiger partial charge in [-0.1, -0.05) is 30.3 Å². The molecule has 4 heterocycles. The number of anilines is 1. The van der Waals surface area contributed by atoms with E-state index in [1.165, 1.54) is 11.6 Å². The van der Waals surface area contributed by atoms with Crippen molar-refractivity contribution in [2.45, 2.75) is 33.0 Å². The summed E-state index contributed by atoms with van der Waals surface area (Å²) in [4.78, 5) is 9.66. The van der Waals surface area contributed by atoms with Crippen LogP contribution in [0.25, 0.3) is 16.9 Å². The van der Waals surface area contributed by atoms with E-state index in [1.54, 1.807) is 12.3 Å². The van der Waals surface area contributed by atoms with Gasteiger partial charge in [-0.15, -0.1) is 0 Å². The first kappa shape index (κ1) is 23.2. The zero-order valence-electron chi connectivity index (χ0n) is 20.8.